The first kappa shape index (κ1) is 27.7. The minimum atomic E-state index is -4.66. The zero-order valence-electron chi connectivity index (χ0n) is 10.4. The van der Waals surface area contributed by atoms with E-state index < -0.39 is 42.0 Å². The molecule has 0 radical (unpaired) electrons. The molecule has 0 aliphatic rings. The molecule has 10 nitrogen and oxygen atoms in total. The van der Waals surface area contributed by atoms with Gasteiger partial charge in [-0.2, -0.15) is 16.8 Å². The molecule has 0 saturated heterocycles. The molecule has 0 atom stereocenters. The average molecular weight is 316 g/mol. The van der Waals surface area contributed by atoms with Crippen molar-refractivity contribution >= 4 is 32.2 Å². The number of hydrogen-bond donors (Lipinski definition) is 2. The van der Waals surface area contributed by atoms with E-state index in [2.05, 4.69) is 13.2 Å². The van der Waals surface area contributed by atoms with Gasteiger partial charge in [0.2, 0.25) is 0 Å². The van der Waals surface area contributed by atoms with Gasteiger partial charge in [-0.05, 0) is 0 Å². The summed E-state index contributed by atoms with van der Waals surface area (Å²) in [4.78, 5) is 16.5. The normalized spacial score (nSPS) is 9.70. The molecule has 14 heteroatoms. The van der Waals surface area contributed by atoms with E-state index in [0.717, 1.165) is 0 Å². The van der Waals surface area contributed by atoms with E-state index in [-0.39, 0.29) is 37.7 Å². The Bertz CT molecular complexity index is 533. The maximum absolute atomic E-state index is 9.81. The average Bonchev–Trinajstić information content (AvgIpc) is 2.13. The Labute approximate surface area is 138 Å². The number of hydrogen-bond acceptors (Lipinski definition) is 8. The number of carboxylic acids is 2. The van der Waals surface area contributed by atoms with Gasteiger partial charge in [-0.3, -0.25) is 9.11 Å². The van der Waals surface area contributed by atoms with Crippen molar-refractivity contribution in [3.63, 3.8) is 0 Å². The molecular formula is C6H6Li2O10S2. The summed E-state index contributed by atoms with van der Waals surface area (Å²) in [6.07, 6.45) is 0. The van der Waals surface area contributed by atoms with E-state index >= 15 is 0 Å². The number of carbonyl (C=O) groups is 2. The first-order valence-corrected chi connectivity index (χ1v) is 6.34. The molecule has 0 aromatic carbocycles. The molecule has 0 amide bonds. The van der Waals surface area contributed by atoms with Gasteiger partial charge in [0.1, 0.15) is 9.81 Å². The van der Waals surface area contributed by atoms with Gasteiger partial charge in [0.05, 0.1) is 11.9 Å². The summed E-state index contributed by atoms with van der Waals surface area (Å²) in [5.74, 6) is -4.00. The van der Waals surface area contributed by atoms with E-state index in [4.69, 9.17) is 9.11 Å². The molecule has 0 heterocycles. The molecule has 0 saturated carbocycles. The molecule has 0 aliphatic heterocycles. The van der Waals surface area contributed by atoms with Crippen LogP contribution in [0.3, 0.4) is 0 Å². The van der Waals surface area contributed by atoms with E-state index in [9.17, 15) is 36.6 Å². The third-order valence-corrected chi connectivity index (χ3v) is 2.66. The summed E-state index contributed by atoms with van der Waals surface area (Å²) in [5.41, 5.74) is 0. The zero-order chi connectivity index (χ0) is 15.3. The zero-order valence-corrected chi connectivity index (χ0v) is 12.0. The van der Waals surface area contributed by atoms with Gasteiger partial charge in [0, 0.05) is 0 Å². The second-order valence-electron chi connectivity index (χ2n) is 2.37. The molecule has 0 unspecified atom stereocenters. The third-order valence-electron chi connectivity index (χ3n) is 1.08. The Kier molecular flexibility index (Phi) is 14.1. The summed E-state index contributed by atoms with van der Waals surface area (Å²) in [7, 11) is -9.32. The first-order chi connectivity index (χ1) is 7.71. The molecule has 104 valence electrons. The minimum Gasteiger partial charge on any atom is -0.544 e. The minimum absolute atomic E-state index is 0. The standard InChI is InChI=1S/2C3H4O5S.2Li/c2*1-2(3(4)5)9(6,7)8;;/h2*1H2,(H,4,5)(H,6,7,8);;/q;;2*+1/p-2. The second kappa shape index (κ2) is 10.2. The topological polar surface area (TPSA) is 189 Å². The molecule has 0 aliphatic carbocycles. The van der Waals surface area contributed by atoms with Crippen molar-refractivity contribution in [2.24, 2.45) is 0 Å². The fourth-order valence-corrected chi connectivity index (χ4v) is 0.632. The van der Waals surface area contributed by atoms with Crippen molar-refractivity contribution in [2.75, 3.05) is 0 Å². The molecule has 0 aromatic heterocycles. The Morgan fingerprint density at radius 1 is 0.750 bits per heavy atom. The number of aliphatic carboxylic acids is 2. The summed E-state index contributed by atoms with van der Waals surface area (Å²) in [6, 6.07) is 0. The molecule has 0 spiro atoms. The maximum atomic E-state index is 9.81. The van der Waals surface area contributed by atoms with Crippen LogP contribution in [0.4, 0.5) is 0 Å². The summed E-state index contributed by atoms with van der Waals surface area (Å²) < 4.78 is 55.0. The number of rotatable bonds is 4. The molecule has 2 N–H and O–H groups in total. The van der Waals surface area contributed by atoms with Crippen molar-refractivity contribution in [1.29, 1.82) is 0 Å². The molecule has 0 aromatic rings. The van der Waals surface area contributed by atoms with Gasteiger partial charge in [0.25, 0.3) is 20.2 Å². The van der Waals surface area contributed by atoms with Gasteiger partial charge in [0.15, 0.2) is 0 Å². The maximum Gasteiger partial charge on any atom is 1.00 e. The van der Waals surface area contributed by atoms with Crippen LogP contribution in [0.25, 0.3) is 0 Å². The number of carbonyl (C=O) groups excluding carboxylic acids is 2. The Morgan fingerprint density at radius 3 is 0.900 bits per heavy atom. The predicted molar refractivity (Wildman–Crippen MR) is 51.4 cm³/mol. The molecule has 20 heavy (non-hydrogen) atoms. The van der Waals surface area contributed by atoms with Crippen LogP contribution in [0.2, 0.25) is 0 Å². The smallest absolute Gasteiger partial charge is 0.544 e. The van der Waals surface area contributed by atoms with Crippen LogP contribution < -0.4 is 47.9 Å². The molecule has 0 bridgehead atoms. The van der Waals surface area contributed by atoms with E-state index in [1.54, 1.807) is 0 Å². The van der Waals surface area contributed by atoms with Crippen LogP contribution in [0, 0.1) is 0 Å². The van der Waals surface area contributed by atoms with Gasteiger partial charge < -0.3 is 19.8 Å². The van der Waals surface area contributed by atoms with Crippen LogP contribution in [-0.4, -0.2) is 37.9 Å². The molecule has 0 rings (SSSR count). The predicted octanol–water partition coefficient (Wildman–Crippen LogP) is -9.72. The van der Waals surface area contributed by atoms with Crippen molar-refractivity contribution < 1.29 is 83.5 Å². The van der Waals surface area contributed by atoms with Crippen molar-refractivity contribution in [3.8, 4) is 0 Å². The monoisotopic (exact) mass is 316 g/mol. The van der Waals surface area contributed by atoms with Crippen molar-refractivity contribution in [2.45, 2.75) is 0 Å². The fourth-order valence-electron chi connectivity index (χ4n) is 0.211. The van der Waals surface area contributed by atoms with Crippen LogP contribution in [-0.2, 0) is 29.8 Å². The number of carboxylic acid groups (broad SMARTS) is 2. The molecular weight excluding hydrogens is 310 g/mol. The largest absolute Gasteiger partial charge is 1.00 e. The third kappa shape index (κ3) is 12.5. The van der Waals surface area contributed by atoms with Gasteiger partial charge in [-0.15, -0.1) is 0 Å². The summed E-state index contributed by atoms with van der Waals surface area (Å²) in [6.45, 7) is 5.05. The quantitative estimate of drug-likeness (QED) is 0.286. The van der Waals surface area contributed by atoms with Gasteiger partial charge >= 0.3 is 37.7 Å². The molecule has 0 fully saturated rings. The first-order valence-electron chi connectivity index (χ1n) is 3.46. The Balaban J connectivity index is -0.000000116. The van der Waals surface area contributed by atoms with Crippen LogP contribution in [0.1, 0.15) is 0 Å². The van der Waals surface area contributed by atoms with Crippen molar-refractivity contribution in [1.82, 2.24) is 0 Å². The SMILES string of the molecule is C=C(C(=O)[O-])S(=O)(=O)O.C=C(C(=O)[O-])S(=O)(=O)O.[Li+].[Li+]. The van der Waals surface area contributed by atoms with Crippen LogP contribution in [0.5, 0.6) is 0 Å². The van der Waals surface area contributed by atoms with E-state index in [0.29, 0.717) is 0 Å². The van der Waals surface area contributed by atoms with Gasteiger partial charge in [-0.25, -0.2) is 0 Å². The second-order valence-corrected chi connectivity index (χ2v) is 5.26. The Hall–Kier alpha value is -0.565. The summed E-state index contributed by atoms with van der Waals surface area (Å²) in [5, 5.41) is 19.2. The van der Waals surface area contributed by atoms with Crippen LogP contribution >= 0.6 is 0 Å². The van der Waals surface area contributed by atoms with Crippen LogP contribution in [0.15, 0.2) is 23.0 Å². The van der Waals surface area contributed by atoms with E-state index in [1.165, 1.54) is 0 Å². The van der Waals surface area contributed by atoms with E-state index in [1.807, 2.05) is 0 Å². The van der Waals surface area contributed by atoms with Gasteiger partial charge in [-0.1, -0.05) is 13.2 Å². The van der Waals surface area contributed by atoms with Crippen molar-refractivity contribution in [3.05, 3.63) is 23.0 Å². The fraction of sp³-hybridized carbons (Fsp3) is 0. The summed E-state index contributed by atoms with van der Waals surface area (Å²) >= 11 is 0. The Morgan fingerprint density at radius 2 is 0.900 bits per heavy atom.